The second-order valence-electron chi connectivity index (χ2n) is 6.29. The third-order valence-electron chi connectivity index (χ3n) is 5.08. The molecule has 0 aliphatic carbocycles. The average Bonchev–Trinajstić information content (AvgIpc) is 2.88. The first-order chi connectivity index (χ1) is 10.2. The zero-order valence-electron chi connectivity index (χ0n) is 11.9. The Balaban J connectivity index is 1.53. The van der Waals surface area contributed by atoms with Crippen LogP contribution in [0.1, 0.15) is 12.8 Å². The predicted molar refractivity (Wildman–Crippen MR) is 81.6 cm³/mol. The van der Waals surface area contributed by atoms with Crippen LogP contribution in [-0.2, 0) is 0 Å². The van der Waals surface area contributed by atoms with Crippen molar-refractivity contribution in [3.05, 3.63) is 29.5 Å². The minimum absolute atomic E-state index is 0.0757. The number of carbonyl (C=O) groups is 1. The lowest BCUT2D eigenvalue weighted by Gasteiger charge is -2.46. The maximum Gasteiger partial charge on any atom is 0.423 e. The molecular weight excluding hydrogens is 268 g/mol. The Morgan fingerprint density at radius 1 is 1.33 bits per heavy atom. The van der Waals surface area contributed by atoms with Crippen molar-refractivity contribution in [2.75, 3.05) is 31.6 Å². The summed E-state index contributed by atoms with van der Waals surface area (Å²) in [6.07, 6.45) is 2.25. The van der Waals surface area contributed by atoms with Gasteiger partial charge in [-0.15, -0.1) is 0 Å². The van der Waals surface area contributed by atoms with E-state index in [1.807, 2.05) is 12.1 Å². The molecule has 4 aliphatic heterocycles. The van der Waals surface area contributed by atoms with Crippen LogP contribution in [0.5, 0.6) is 0 Å². The standard InChI is InChI=1S/C15H20N4O2/c20-15(17-13-9-18-7-5-11(13)6-8-18)19(21)10-16-12-3-1-2-4-14(12)19/h1-4,11,13,16H,5-10H2,(H,17,20). The van der Waals surface area contributed by atoms with Crippen molar-refractivity contribution >= 4 is 17.4 Å². The Morgan fingerprint density at radius 2 is 2.10 bits per heavy atom. The summed E-state index contributed by atoms with van der Waals surface area (Å²) >= 11 is 0. The fourth-order valence-corrected chi connectivity index (χ4v) is 3.79. The molecule has 0 aromatic heterocycles. The average molecular weight is 288 g/mol. The number of urea groups is 1. The van der Waals surface area contributed by atoms with Crippen molar-refractivity contribution in [2.24, 2.45) is 5.92 Å². The molecule has 21 heavy (non-hydrogen) atoms. The second kappa shape index (κ2) is 4.69. The monoisotopic (exact) mass is 288 g/mol. The number of hydrogen-bond donors (Lipinski definition) is 2. The summed E-state index contributed by atoms with van der Waals surface area (Å²) in [4.78, 5) is 14.9. The smallest absolute Gasteiger partial charge is 0.423 e. The van der Waals surface area contributed by atoms with Gasteiger partial charge in [-0.25, -0.2) is 9.44 Å². The highest BCUT2D eigenvalue weighted by Crippen LogP contribution is 2.37. The lowest BCUT2D eigenvalue weighted by molar-refractivity contribution is 0.0747. The van der Waals surface area contributed by atoms with E-state index in [-0.39, 0.29) is 12.7 Å². The highest BCUT2D eigenvalue weighted by atomic mass is 16.6. The van der Waals surface area contributed by atoms with E-state index in [0.717, 1.165) is 38.2 Å². The van der Waals surface area contributed by atoms with Crippen molar-refractivity contribution < 1.29 is 4.79 Å². The molecule has 1 aromatic rings. The van der Waals surface area contributed by atoms with E-state index in [0.29, 0.717) is 11.6 Å². The summed E-state index contributed by atoms with van der Waals surface area (Å²) < 4.78 is -0.945. The number of nitrogens with zero attached hydrogens (tertiary/aromatic N) is 2. The van der Waals surface area contributed by atoms with Gasteiger partial charge in [0, 0.05) is 18.7 Å². The zero-order chi connectivity index (χ0) is 14.4. The molecule has 6 nitrogen and oxygen atoms in total. The summed E-state index contributed by atoms with van der Waals surface area (Å²) in [5.41, 5.74) is 1.27. The minimum Gasteiger partial charge on any atom is -0.617 e. The largest absolute Gasteiger partial charge is 0.617 e. The number of fused-ring (bicyclic) bond motifs is 4. The van der Waals surface area contributed by atoms with Gasteiger partial charge < -0.3 is 20.7 Å². The second-order valence-corrected chi connectivity index (χ2v) is 6.29. The molecule has 5 rings (SSSR count). The van der Waals surface area contributed by atoms with Crippen molar-refractivity contribution in [1.29, 1.82) is 0 Å². The van der Waals surface area contributed by atoms with Crippen LogP contribution in [0, 0.1) is 11.1 Å². The molecule has 1 aromatic carbocycles. The first-order valence-electron chi connectivity index (χ1n) is 7.63. The molecule has 4 aliphatic rings. The fourth-order valence-electron chi connectivity index (χ4n) is 3.79. The topological polar surface area (TPSA) is 67.4 Å². The number of quaternary nitrogens is 1. The van der Waals surface area contributed by atoms with Gasteiger partial charge in [-0.2, -0.15) is 0 Å². The molecule has 3 fully saturated rings. The van der Waals surface area contributed by atoms with Gasteiger partial charge in [-0.05, 0) is 37.9 Å². The van der Waals surface area contributed by atoms with E-state index >= 15 is 0 Å². The first kappa shape index (κ1) is 13.1. The van der Waals surface area contributed by atoms with Gasteiger partial charge in [0.15, 0.2) is 12.4 Å². The Bertz CT molecular complexity index is 571. The molecule has 0 radical (unpaired) electrons. The van der Waals surface area contributed by atoms with E-state index in [1.54, 1.807) is 12.1 Å². The molecule has 3 saturated heterocycles. The van der Waals surface area contributed by atoms with Crippen LogP contribution in [0.25, 0.3) is 0 Å². The Hall–Kier alpha value is -1.63. The molecule has 2 bridgehead atoms. The molecular formula is C15H20N4O2. The number of nitrogens with one attached hydrogen (secondary N) is 2. The number of amides is 2. The molecule has 4 heterocycles. The molecule has 2 unspecified atom stereocenters. The third-order valence-corrected chi connectivity index (χ3v) is 5.08. The van der Waals surface area contributed by atoms with E-state index in [1.165, 1.54) is 0 Å². The van der Waals surface area contributed by atoms with Crippen LogP contribution >= 0.6 is 0 Å². The summed E-state index contributed by atoms with van der Waals surface area (Å²) in [6, 6.07) is 6.93. The number of hydroxylamine groups is 2. The number of hydrogen-bond acceptors (Lipinski definition) is 4. The number of para-hydroxylation sites is 2. The predicted octanol–water partition coefficient (Wildman–Crippen LogP) is 1.68. The van der Waals surface area contributed by atoms with Crippen molar-refractivity contribution in [3.63, 3.8) is 0 Å². The van der Waals surface area contributed by atoms with E-state index in [9.17, 15) is 10.0 Å². The van der Waals surface area contributed by atoms with E-state index in [4.69, 9.17) is 0 Å². The van der Waals surface area contributed by atoms with Crippen molar-refractivity contribution in [3.8, 4) is 0 Å². The minimum atomic E-state index is -0.945. The van der Waals surface area contributed by atoms with Crippen molar-refractivity contribution in [2.45, 2.75) is 18.9 Å². The van der Waals surface area contributed by atoms with Gasteiger partial charge in [0.2, 0.25) is 0 Å². The van der Waals surface area contributed by atoms with Gasteiger partial charge in [-0.3, -0.25) is 0 Å². The van der Waals surface area contributed by atoms with Crippen molar-refractivity contribution in [1.82, 2.24) is 14.9 Å². The molecule has 2 N–H and O–H groups in total. The maximum absolute atomic E-state index is 13.0. The van der Waals surface area contributed by atoms with Crippen LogP contribution in [0.15, 0.2) is 24.3 Å². The normalized spacial score (nSPS) is 36.9. The summed E-state index contributed by atoms with van der Waals surface area (Å²) in [5, 5.41) is 19.0. The van der Waals surface area contributed by atoms with Crippen LogP contribution in [0.2, 0.25) is 0 Å². The van der Waals surface area contributed by atoms with E-state index < -0.39 is 10.7 Å². The fraction of sp³-hybridized carbons (Fsp3) is 0.533. The van der Waals surface area contributed by atoms with Crippen LogP contribution in [0.3, 0.4) is 0 Å². The van der Waals surface area contributed by atoms with Gasteiger partial charge in [0.25, 0.3) is 0 Å². The Morgan fingerprint density at radius 3 is 2.81 bits per heavy atom. The molecule has 2 amide bonds. The Labute approximate surface area is 123 Å². The summed E-state index contributed by atoms with van der Waals surface area (Å²) in [5.74, 6) is 0.524. The molecule has 112 valence electrons. The van der Waals surface area contributed by atoms with E-state index in [2.05, 4.69) is 15.5 Å². The number of piperidine rings is 3. The van der Waals surface area contributed by atoms with Gasteiger partial charge in [-0.1, -0.05) is 12.1 Å². The summed E-state index contributed by atoms with van der Waals surface area (Å²) in [7, 11) is 0. The lowest BCUT2D eigenvalue weighted by atomic mass is 9.84. The number of carbonyl (C=O) groups excluding carboxylic acids is 1. The number of benzene rings is 1. The highest BCUT2D eigenvalue weighted by molar-refractivity contribution is 5.94. The van der Waals surface area contributed by atoms with Gasteiger partial charge in [0.1, 0.15) is 5.69 Å². The molecule has 0 saturated carbocycles. The zero-order valence-corrected chi connectivity index (χ0v) is 11.9. The van der Waals surface area contributed by atoms with Crippen LogP contribution in [-0.4, -0.2) is 43.3 Å². The Kier molecular flexibility index (Phi) is 2.92. The highest BCUT2D eigenvalue weighted by Gasteiger charge is 2.42. The van der Waals surface area contributed by atoms with Crippen LogP contribution in [0.4, 0.5) is 16.2 Å². The molecule has 6 heteroatoms. The van der Waals surface area contributed by atoms with Crippen LogP contribution < -0.4 is 15.3 Å². The molecule has 0 spiro atoms. The van der Waals surface area contributed by atoms with Gasteiger partial charge >= 0.3 is 6.03 Å². The first-order valence-corrected chi connectivity index (χ1v) is 7.63. The quantitative estimate of drug-likeness (QED) is 0.609. The SMILES string of the molecule is O=C(NC1CN2CCC1CC2)[N+]1([O-])CNc2ccccc21. The molecule has 2 atom stereocenters. The summed E-state index contributed by atoms with van der Waals surface area (Å²) in [6.45, 7) is 3.20. The third kappa shape index (κ3) is 2.02. The van der Waals surface area contributed by atoms with Gasteiger partial charge in [0.05, 0.1) is 0 Å². The number of rotatable bonds is 1. The number of anilines is 1. The lowest BCUT2D eigenvalue weighted by Crippen LogP contribution is -2.62. The maximum atomic E-state index is 13.0.